The third-order valence-corrected chi connectivity index (χ3v) is 3.89. The molecule has 0 fully saturated rings. The Morgan fingerprint density at radius 3 is 2.62 bits per heavy atom. The minimum absolute atomic E-state index is 0.176. The van der Waals surface area contributed by atoms with E-state index >= 15 is 0 Å². The van der Waals surface area contributed by atoms with Crippen molar-refractivity contribution < 1.29 is 19.2 Å². The highest BCUT2D eigenvalue weighted by Gasteiger charge is 2.15. The first-order valence-electron chi connectivity index (χ1n) is 8.66. The third-order valence-electron chi connectivity index (χ3n) is 3.61. The Morgan fingerprint density at radius 2 is 2.00 bits per heavy atom. The number of rotatable bonds is 8. The van der Waals surface area contributed by atoms with Gasteiger partial charge in [0.2, 0.25) is 0 Å². The highest BCUT2D eigenvalue weighted by Crippen LogP contribution is 2.37. The van der Waals surface area contributed by atoms with Gasteiger partial charge in [0.05, 0.1) is 23.2 Å². The van der Waals surface area contributed by atoms with Crippen molar-refractivity contribution in [3.05, 3.63) is 62.7 Å². The number of carbonyl (C=O) groups is 1. The van der Waals surface area contributed by atoms with Gasteiger partial charge < -0.3 is 14.8 Å². The lowest BCUT2D eigenvalue weighted by atomic mass is 10.1. The van der Waals surface area contributed by atoms with Crippen LogP contribution in [0.5, 0.6) is 11.5 Å². The molecule has 0 spiro atoms. The summed E-state index contributed by atoms with van der Waals surface area (Å²) in [5.41, 5.74) is 0.279. The molecule has 2 rings (SSSR count). The van der Waals surface area contributed by atoms with Crippen LogP contribution in [0.4, 0.5) is 11.4 Å². The molecule has 0 saturated heterocycles. The summed E-state index contributed by atoms with van der Waals surface area (Å²) in [5.74, 6) is 0.0631. The number of nitro benzene ring substituents is 1. The molecule has 0 aliphatic carbocycles. The van der Waals surface area contributed by atoms with Crippen molar-refractivity contribution in [3.63, 3.8) is 0 Å². The van der Waals surface area contributed by atoms with E-state index in [2.05, 4.69) is 5.32 Å². The second kappa shape index (κ2) is 10.1. The van der Waals surface area contributed by atoms with Crippen LogP contribution in [0.15, 0.2) is 42.0 Å². The number of hydrogen-bond acceptors (Lipinski definition) is 6. The van der Waals surface area contributed by atoms with E-state index in [0.29, 0.717) is 30.3 Å². The van der Waals surface area contributed by atoms with Gasteiger partial charge in [-0.05, 0) is 43.7 Å². The largest absolute Gasteiger partial charge is 0.490 e. The van der Waals surface area contributed by atoms with Gasteiger partial charge in [0.1, 0.15) is 11.6 Å². The van der Waals surface area contributed by atoms with Crippen molar-refractivity contribution in [2.24, 2.45) is 0 Å². The second-order valence-corrected chi connectivity index (χ2v) is 6.03. The molecular weight excluding hydrogens is 398 g/mol. The molecule has 0 aliphatic rings. The Hall–Kier alpha value is -3.57. The molecule has 0 bridgehead atoms. The van der Waals surface area contributed by atoms with Gasteiger partial charge in [0, 0.05) is 17.8 Å². The summed E-state index contributed by atoms with van der Waals surface area (Å²) in [6.45, 7) is 4.39. The van der Waals surface area contributed by atoms with Crippen LogP contribution in [0.25, 0.3) is 6.08 Å². The first kappa shape index (κ1) is 21.7. The summed E-state index contributed by atoms with van der Waals surface area (Å²) in [7, 11) is 0. The van der Waals surface area contributed by atoms with Crippen LogP contribution in [0.3, 0.4) is 0 Å². The molecule has 150 valence electrons. The molecule has 0 aliphatic heterocycles. The van der Waals surface area contributed by atoms with Gasteiger partial charge in [0.25, 0.3) is 11.6 Å². The fourth-order valence-corrected chi connectivity index (χ4v) is 2.70. The number of benzene rings is 2. The van der Waals surface area contributed by atoms with Crippen LogP contribution in [-0.2, 0) is 4.79 Å². The second-order valence-electron chi connectivity index (χ2n) is 5.63. The van der Waals surface area contributed by atoms with Crippen molar-refractivity contribution in [2.45, 2.75) is 13.8 Å². The number of halogens is 1. The summed E-state index contributed by atoms with van der Waals surface area (Å²) in [6.07, 6.45) is 1.34. The molecule has 0 unspecified atom stereocenters. The lowest BCUT2D eigenvalue weighted by Crippen LogP contribution is -2.13. The number of amides is 1. The van der Waals surface area contributed by atoms with Gasteiger partial charge in [-0.3, -0.25) is 14.9 Å². The van der Waals surface area contributed by atoms with Crippen LogP contribution in [0.1, 0.15) is 19.4 Å². The van der Waals surface area contributed by atoms with Crippen molar-refractivity contribution in [2.75, 3.05) is 18.5 Å². The first-order chi connectivity index (χ1) is 13.9. The molecule has 0 saturated carbocycles. The minimum Gasteiger partial charge on any atom is -0.490 e. The zero-order valence-corrected chi connectivity index (χ0v) is 16.5. The SMILES string of the molecule is CCOc1cc(/C=C(\C#N)C(=O)Nc2cccc([N+](=O)[O-])c2)cc(Cl)c1OCC. The van der Waals surface area contributed by atoms with Gasteiger partial charge in [0.15, 0.2) is 11.5 Å². The number of nitrogens with one attached hydrogen (secondary N) is 1. The Morgan fingerprint density at radius 1 is 1.28 bits per heavy atom. The Bertz CT molecular complexity index is 998. The van der Waals surface area contributed by atoms with Crippen LogP contribution >= 0.6 is 11.6 Å². The maximum Gasteiger partial charge on any atom is 0.271 e. The molecule has 9 heteroatoms. The van der Waals surface area contributed by atoms with E-state index in [9.17, 15) is 20.2 Å². The number of nitriles is 1. The summed E-state index contributed by atoms with van der Waals surface area (Å²) < 4.78 is 11.0. The van der Waals surface area contributed by atoms with Crippen molar-refractivity contribution >= 4 is 35.0 Å². The van der Waals surface area contributed by atoms with Crippen LogP contribution in [0, 0.1) is 21.4 Å². The Balaban J connectivity index is 2.33. The van der Waals surface area contributed by atoms with E-state index in [0.717, 1.165) is 0 Å². The predicted octanol–water partition coefficient (Wildman–Crippen LogP) is 4.59. The fourth-order valence-electron chi connectivity index (χ4n) is 2.43. The molecule has 29 heavy (non-hydrogen) atoms. The third kappa shape index (κ3) is 5.70. The quantitative estimate of drug-likeness (QED) is 0.292. The molecule has 0 radical (unpaired) electrons. The number of hydrogen-bond donors (Lipinski definition) is 1. The summed E-state index contributed by atoms with van der Waals surface area (Å²) in [6, 6.07) is 10.4. The lowest BCUT2D eigenvalue weighted by Gasteiger charge is -2.13. The number of carbonyl (C=O) groups excluding carboxylic acids is 1. The first-order valence-corrected chi connectivity index (χ1v) is 9.04. The number of nitro groups is 1. The molecule has 1 amide bonds. The van der Waals surface area contributed by atoms with Gasteiger partial charge in [-0.15, -0.1) is 0 Å². The van der Waals surface area contributed by atoms with Crippen molar-refractivity contribution in [1.29, 1.82) is 5.26 Å². The summed E-state index contributed by atoms with van der Waals surface area (Å²) >= 11 is 6.25. The predicted molar refractivity (Wildman–Crippen MR) is 109 cm³/mol. The monoisotopic (exact) mass is 415 g/mol. The standard InChI is InChI=1S/C20H18ClN3O5/c1-3-28-18-10-13(9-17(21)19(18)29-4-2)8-14(12-22)20(25)23-15-6-5-7-16(11-15)24(26)27/h5-11H,3-4H2,1-2H3,(H,23,25)/b14-8+. The zero-order valence-electron chi connectivity index (χ0n) is 15.8. The van der Waals surface area contributed by atoms with E-state index in [4.69, 9.17) is 21.1 Å². The van der Waals surface area contributed by atoms with E-state index in [1.54, 1.807) is 19.1 Å². The molecule has 1 N–H and O–H groups in total. The van der Waals surface area contributed by atoms with E-state index in [1.807, 2.05) is 13.0 Å². The van der Waals surface area contributed by atoms with E-state index < -0.39 is 10.8 Å². The van der Waals surface area contributed by atoms with Crippen molar-refractivity contribution in [3.8, 4) is 17.6 Å². The zero-order chi connectivity index (χ0) is 21.4. The van der Waals surface area contributed by atoms with E-state index in [1.165, 1.54) is 30.3 Å². The molecule has 2 aromatic rings. The maximum absolute atomic E-state index is 12.4. The minimum atomic E-state index is -0.712. The average molecular weight is 416 g/mol. The number of non-ortho nitro benzene ring substituents is 1. The van der Waals surface area contributed by atoms with Crippen LogP contribution < -0.4 is 14.8 Å². The smallest absolute Gasteiger partial charge is 0.271 e. The lowest BCUT2D eigenvalue weighted by molar-refractivity contribution is -0.384. The average Bonchev–Trinajstić information content (AvgIpc) is 2.69. The highest BCUT2D eigenvalue weighted by molar-refractivity contribution is 6.32. The highest BCUT2D eigenvalue weighted by atomic mass is 35.5. The van der Waals surface area contributed by atoms with E-state index in [-0.39, 0.29) is 22.0 Å². The van der Waals surface area contributed by atoms with Crippen molar-refractivity contribution in [1.82, 2.24) is 0 Å². The molecule has 8 nitrogen and oxygen atoms in total. The number of nitrogens with zero attached hydrogens (tertiary/aromatic N) is 2. The molecule has 2 aromatic carbocycles. The molecule has 0 heterocycles. The Kier molecular flexibility index (Phi) is 7.57. The Labute approximate surface area is 172 Å². The van der Waals surface area contributed by atoms with Gasteiger partial charge in [-0.1, -0.05) is 17.7 Å². The summed E-state index contributed by atoms with van der Waals surface area (Å²) in [5, 5.41) is 23.0. The normalized spacial score (nSPS) is 10.8. The van der Waals surface area contributed by atoms with Gasteiger partial charge >= 0.3 is 0 Å². The molecule has 0 atom stereocenters. The number of anilines is 1. The summed E-state index contributed by atoms with van der Waals surface area (Å²) in [4.78, 5) is 22.7. The molecular formula is C20H18ClN3O5. The van der Waals surface area contributed by atoms with Gasteiger partial charge in [-0.25, -0.2) is 0 Å². The maximum atomic E-state index is 12.4. The molecule has 0 aromatic heterocycles. The van der Waals surface area contributed by atoms with Crippen LogP contribution in [0.2, 0.25) is 5.02 Å². The van der Waals surface area contributed by atoms with Gasteiger partial charge in [-0.2, -0.15) is 5.26 Å². The van der Waals surface area contributed by atoms with Crippen LogP contribution in [-0.4, -0.2) is 24.0 Å². The topological polar surface area (TPSA) is 114 Å². The fraction of sp³-hybridized carbons (Fsp3) is 0.200. The number of ether oxygens (including phenoxy) is 2.